The molecule has 1 unspecified atom stereocenters. The highest BCUT2D eigenvalue weighted by molar-refractivity contribution is 9.11. The fraction of sp³-hybridized carbons (Fsp3) is 0.304. The van der Waals surface area contributed by atoms with Gasteiger partial charge in [-0.05, 0) is 67.0 Å². The molecule has 0 amide bonds. The standard InChI is InChI=1S/C23H21Br2FN2O2/c1-22(2)12-23(3,13-29-19-8-7-16(24)10-17(19)25)28-21(30-22)15-9-14-5-4-6-18(26)20(14)27-11-15/h4-11H,12-13H2,1-3H3. The number of aliphatic imine (C=N–C) groups is 1. The van der Waals surface area contributed by atoms with Crippen molar-refractivity contribution in [2.24, 2.45) is 4.99 Å². The Hall–Kier alpha value is -1.99. The van der Waals surface area contributed by atoms with Gasteiger partial charge in [0.05, 0.1) is 15.6 Å². The lowest BCUT2D eigenvalue weighted by Gasteiger charge is -2.40. The van der Waals surface area contributed by atoms with E-state index in [-0.39, 0.29) is 5.82 Å². The fourth-order valence-corrected chi connectivity index (χ4v) is 4.96. The summed E-state index contributed by atoms with van der Waals surface area (Å²) in [6.07, 6.45) is 2.30. The molecule has 1 aromatic heterocycles. The molecule has 0 fully saturated rings. The van der Waals surface area contributed by atoms with Crippen LogP contribution >= 0.6 is 31.9 Å². The molecule has 156 valence electrons. The van der Waals surface area contributed by atoms with E-state index in [1.54, 1.807) is 12.3 Å². The molecule has 1 atom stereocenters. The van der Waals surface area contributed by atoms with E-state index in [1.165, 1.54) is 6.07 Å². The first-order chi connectivity index (χ1) is 14.1. The molecule has 0 radical (unpaired) electrons. The van der Waals surface area contributed by atoms with E-state index < -0.39 is 11.1 Å². The number of hydrogen-bond donors (Lipinski definition) is 0. The van der Waals surface area contributed by atoms with Gasteiger partial charge in [-0.2, -0.15) is 0 Å². The first kappa shape index (κ1) is 21.2. The van der Waals surface area contributed by atoms with E-state index in [2.05, 4.69) is 43.8 Å². The summed E-state index contributed by atoms with van der Waals surface area (Å²) in [7, 11) is 0. The van der Waals surface area contributed by atoms with Crippen LogP contribution in [0.5, 0.6) is 5.75 Å². The average Bonchev–Trinajstić information content (AvgIpc) is 2.66. The summed E-state index contributed by atoms with van der Waals surface area (Å²) in [4.78, 5) is 9.17. The van der Waals surface area contributed by atoms with Crippen LogP contribution in [0.25, 0.3) is 10.9 Å². The second-order valence-electron chi connectivity index (χ2n) is 8.35. The molecule has 1 aliphatic rings. The van der Waals surface area contributed by atoms with E-state index >= 15 is 0 Å². The number of ether oxygens (including phenoxy) is 2. The van der Waals surface area contributed by atoms with Crippen molar-refractivity contribution in [3.8, 4) is 5.75 Å². The molecule has 0 saturated heterocycles. The minimum atomic E-state index is -0.500. The molecule has 4 nitrogen and oxygen atoms in total. The minimum absolute atomic E-state index is 0.336. The van der Waals surface area contributed by atoms with Gasteiger partial charge >= 0.3 is 0 Å². The van der Waals surface area contributed by atoms with Gasteiger partial charge in [-0.15, -0.1) is 0 Å². The predicted octanol–water partition coefficient (Wildman–Crippen LogP) is 6.68. The van der Waals surface area contributed by atoms with Crippen molar-refractivity contribution in [2.75, 3.05) is 6.61 Å². The van der Waals surface area contributed by atoms with Gasteiger partial charge in [0, 0.05) is 22.5 Å². The van der Waals surface area contributed by atoms with E-state index in [0.717, 1.165) is 20.3 Å². The van der Waals surface area contributed by atoms with Gasteiger partial charge in [0.25, 0.3) is 0 Å². The summed E-state index contributed by atoms with van der Waals surface area (Å²) in [6, 6.07) is 12.6. The number of rotatable bonds is 4. The Morgan fingerprint density at radius 2 is 1.93 bits per heavy atom. The molecule has 0 spiro atoms. The molecule has 0 bridgehead atoms. The molecule has 7 heteroatoms. The quantitative estimate of drug-likeness (QED) is 0.374. The Morgan fingerprint density at radius 3 is 2.70 bits per heavy atom. The van der Waals surface area contributed by atoms with E-state index in [9.17, 15) is 4.39 Å². The largest absolute Gasteiger partial charge is 0.490 e. The Kier molecular flexibility index (Phi) is 5.62. The van der Waals surface area contributed by atoms with Crippen LogP contribution in [0.1, 0.15) is 32.8 Å². The Labute approximate surface area is 191 Å². The van der Waals surface area contributed by atoms with Crippen molar-refractivity contribution in [1.82, 2.24) is 4.98 Å². The maximum Gasteiger partial charge on any atom is 0.218 e. The van der Waals surface area contributed by atoms with Crippen LogP contribution in [0.3, 0.4) is 0 Å². The lowest BCUT2D eigenvalue weighted by atomic mass is 9.87. The first-order valence-electron chi connectivity index (χ1n) is 9.56. The van der Waals surface area contributed by atoms with Crippen molar-refractivity contribution < 1.29 is 13.9 Å². The molecule has 1 aliphatic heterocycles. The number of nitrogens with zero attached hydrogens (tertiary/aromatic N) is 2. The number of aromatic nitrogens is 1. The van der Waals surface area contributed by atoms with Crippen LogP contribution < -0.4 is 4.74 Å². The van der Waals surface area contributed by atoms with Crippen molar-refractivity contribution >= 4 is 48.7 Å². The topological polar surface area (TPSA) is 43.7 Å². The molecular weight excluding hydrogens is 515 g/mol. The molecule has 0 N–H and O–H groups in total. The molecule has 2 aromatic carbocycles. The number of benzene rings is 2. The highest BCUT2D eigenvalue weighted by Gasteiger charge is 2.40. The summed E-state index contributed by atoms with van der Waals surface area (Å²) in [6.45, 7) is 6.50. The van der Waals surface area contributed by atoms with Gasteiger partial charge in [-0.25, -0.2) is 9.38 Å². The SMILES string of the molecule is CC1(COc2ccc(Br)cc2Br)CC(C)(C)OC(c2cnc3c(F)cccc3c2)=N1. The maximum atomic E-state index is 14.0. The third-order valence-electron chi connectivity index (χ3n) is 4.89. The third kappa shape index (κ3) is 4.52. The van der Waals surface area contributed by atoms with Crippen molar-refractivity contribution in [2.45, 2.75) is 38.3 Å². The third-order valence-corrected chi connectivity index (χ3v) is 6.01. The molecule has 4 rings (SSSR count). The summed E-state index contributed by atoms with van der Waals surface area (Å²) in [5, 5.41) is 0.707. The zero-order valence-electron chi connectivity index (χ0n) is 16.9. The smallest absolute Gasteiger partial charge is 0.218 e. The van der Waals surface area contributed by atoms with Crippen molar-refractivity contribution in [1.29, 1.82) is 0 Å². The monoisotopic (exact) mass is 534 g/mol. The number of pyridine rings is 1. The van der Waals surface area contributed by atoms with Crippen LogP contribution in [0, 0.1) is 5.82 Å². The summed E-state index contributed by atoms with van der Waals surface area (Å²) >= 11 is 6.99. The van der Waals surface area contributed by atoms with Gasteiger partial charge in [0.15, 0.2) is 0 Å². The number of fused-ring (bicyclic) bond motifs is 1. The van der Waals surface area contributed by atoms with Crippen molar-refractivity contribution in [3.63, 3.8) is 0 Å². The highest BCUT2D eigenvalue weighted by Crippen LogP contribution is 2.36. The van der Waals surface area contributed by atoms with Crippen LogP contribution in [0.2, 0.25) is 0 Å². The van der Waals surface area contributed by atoms with E-state index in [0.29, 0.717) is 29.8 Å². The molecule has 2 heterocycles. The maximum absolute atomic E-state index is 14.0. The minimum Gasteiger partial charge on any atom is -0.490 e. The number of para-hydroxylation sites is 1. The van der Waals surface area contributed by atoms with Gasteiger partial charge < -0.3 is 9.47 Å². The first-order valence-corrected chi connectivity index (χ1v) is 11.1. The van der Waals surface area contributed by atoms with Crippen molar-refractivity contribution in [3.05, 3.63) is 69.0 Å². The van der Waals surface area contributed by atoms with Gasteiger partial charge in [-0.3, -0.25) is 4.98 Å². The lowest BCUT2D eigenvalue weighted by Crippen LogP contribution is -2.46. The zero-order chi connectivity index (χ0) is 21.5. The number of halogens is 3. The van der Waals surface area contributed by atoms with E-state index in [1.807, 2.05) is 44.2 Å². The normalized spacial score (nSPS) is 20.5. The lowest BCUT2D eigenvalue weighted by molar-refractivity contribution is 0.0297. The molecule has 0 aliphatic carbocycles. The number of hydrogen-bond acceptors (Lipinski definition) is 4. The Bertz CT molecular complexity index is 1150. The van der Waals surface area contributed by atoms with Gasteiger partial charge in [-0.1, -0.05) is 28.1 Å². The zero-order valence-corrected chi connectivity index (χ0v) is 20.0. The molecule has 3 aromatic rings. The summed E-state index contributed by atoms with van der Waals surface area (Å²) in [5.74, 6) is 0.901. The summed E-state index contributed by atoms with van der Waals surface area (Å²) in [5.41, 5.74) is 0.115. The van der Waals surface area contributed by atoms with E-state index in [4.69, 9.17) is 14.5 Å². The van der Waals surface area contributed by atoms with Crippen LogP contribution in [0.15, 0.2) is 62.6 Å². The average molecular weight is 536 g/mol. The predicted molar refractivity (Wildman–Crippen MR) is 124 cm³/mol. The Morgan fingerprint density at radius 1 is 1.13 bits per heavy atom. The van der Waals surface area contributed by atoms with Crippen LogP contribution in [-0.2, 0) is 4.74 Å². The van der Waals surface area contributed by atoms with Gasteiger partial charge in [0.1, 0.15) is 29.3 Å². The molecular formula is C23H21Br2FN2O2. The van der Waals surface area contributed by atoms with Crippen LogP contribution in [0.4, 0.5) is 4.39 Å². The fourth-order valence-electron chi connectivity index (χ4n) is 3.80. The second-order valence-corrected chi connectivity index (χ2v) is 10.1. The second kappa shape index (κ2) is 7.93. The molecule has 30 heavy (non-hydrogen) atoms. The summed E-state index contributed by atoms with van der Waals surface area (Å²) < 4.78 is 28.1. The highest BCUT2D eigenvalue weighted by atomic mass is 79.9. The van der Waals surface area contributed by atoms with Crippen LogP contribution in [-0.4, -0.2) is 28.6 Å². The molecule has 0 saturated carbocycles. The van der Waals surface area contributed by atoms with Gasteiger partial charge in [0.2, 0.25) is 5.90 Å². The Balaban J connectivity index is 1.66.